The Balaban J connectivity index is 4.98. The van der Waals surface area contributed by atoms with Crippen molar-refractivity contribution >= 4 is 0 Å². The lowest BCUT2D eigenvalue weighted by atomic mass is 9.64. The fraction of sp³-hybridized carbons (Fsp3) is 1.00. The Bertz CT molecular complexity index is 184. The highest BCUT2D eigenvalue weighted by atomic mass is 16.3. The Morgan fingerprint density at radius 1 is 0.600 bits per heavy atom. The second-order valence-corrected chi connectivity index (χ2v) is 7.36. The maximum absolute atomic E-state index is 10.3. The van der Waals surface area contributed by atoms with Gasteiger partial charge in [-0.15, -0.1) is 0 Å². The van der Waals surface area contributed by atoms with E-state index in [1.54, 1.807) is 0 Å². The zero-order valence-electron chi connectivity index (χ0n) is 11.5. The average Bonchev–Trinajstić information content (AvgIpc) is 1.98. The zero-order chi connectivity index (χ0) is 12.7. The maximum Gasteiger partial charge on any atom is 0.0664 e. The van der Waals surface area contributed by atoms with Crippen LogP contribution in [0, 0.1) is 16.2 Å². The van der Waals surface area contributed by atoms with Crippen LogP contribution in [0.15, 0.2) is 0 Å². The molecule has 92 valence electrons. The molecule has 2 nitrogen and oxygen atoms in total. The van der Waals surface area contributed by atoms with Crippen molar-refractivity contribution in [3.63, 3.8) is 0 Å². The standard InChI is InChI=1S/C13H28O2/c1-11(2,3)9(14)13(7,8)10(15)12(4,5)6/h9-10,14-15H,1-8H3. The summed E-state index contributed by atoms with van der Waals surface area (Å²) >= 11 is 0. The van der Waals surface area contributed by atoms with Gasteiger partial charge in [0, 0.05) is 5.41 Å². The van der Waals surface area contributed by atoms with Crippen LogP contribution in [0.1, 0.15) is 55.4 Å². The Morgan fingerprint density at radius 3 is 0.933 bits per heavy atom. The van der Waals surface area contributed by atoms with Gasteiger partial charge in [-0.3, -0.25) is 0 Å². The van der Waals surface area contributed by atoms with Crippen molar-refractivity contribution in [2.45, 2.75) is 67.6 Å². The Morgan fingerprint density at radius 2 is 0.800 bits per heavy atom. The van der Waals surface area contributed by atoms with Gasteiger partial charge < -0.3 is 10.2 Å². The van der Waals surface area contributed by atoms with Gasteiger partial charge in [-0.05, 0) is 10.8 Å². The van der Waals surface area contributed by atoms with E-state index in [-0.39, 0.29) is 10.8 Å². The minimum Gasteiger partial charge on any atom is -0.392 e. The van der Waals surface area contributed by atoms with E-state index in [1.165, 1.54) is 0 Å². The van der Waals surface area contributed by atoms with Gasteiger partial charge in [0.1, 0.15) is 0 Å². The van der Waals surface area contributed by atoms with Gasteiger partial charge in [0.05, 0.1) is 12.2 Å². The predicted molar refractivity (Wildman–Crippen MR) is 64.7 cm³/mol. The highest BCUT2D eigenvalue weighted by Crippen LogP contribution is 2.41. The van der Waals surface area contributed by atoms with Crippen LogP contribution < -0.4 is 0 Å². The van der Waals surface area contributed by atoms with Crippen molar-refractivity contribution in [3.8, 4) is 0 Å². The van der Waals surface area contributed by atoms with Crippen LogP contribution >= 0.6 is 0 Å². The predicted octanol–water partition coefficient (Wildman–Crippen LogP) is 2.83. The van der Waals surface area contributed by atoms with Crippen LogP contribution in [0.25, 0.3) is 0 Å². The highest BCUT2D eigenvalue weighted by Gasteiger charge is 2.45. The van der Waals surface area contributed by atoms with Gasteiger partial charge in [-0.25, -0.2) is 0 Å². The normalized spacial score (nSPS) is 18.8. The molecule has 0 aromatic carbocycles. The molecule has 0 bridgehead atoms. The van der Waals surface area contributed by atoms with Gasteiger partial charge in [0.15, 0.2) is 0 Å². The first-order valence-corrected chi connectivity index (χ1v) is 5.67. The topological polar surface area (TPSA) is 40.5 Å². The molecular formula is C13H28O2. The maximum atomic E-state index is 10.3. The summed E-state index contributed by atoms with van der Waals surface area (Å²) in [6, 6.07) is 0. The number of rotatable bonds is 2. The van der Waals surface area contributed by atoms with E-state index in [4.69, 9.17) is 0 Å². The third-order valence-corrected chi connectivity index (χ3v) is 3.05. The van der Waals surface area contributed by atoms with Crippen molar-refractivity contribution in [1.82, 2.24) is 0 Å². The van der Waals surface area contributed by atoms with Crippen LogP contribution in [0.4, 0.5) is 0 Å². The number of aliphatic hydroxyl groups excluding tert-OH is 2. The fourth-order valence-electron chi connectivity index (χ4n) is 2.38. The summed E-state index contributed by atoms with van der Waals surface area (Å²) < 4.78 is 0. The van der Waals surface area contributed by atoms with Crippen molar-refractivity contribution in [1.29, 1.82) is 0 Å². The molecule has 0 rings (SSSR count). The summed E-state index contributed by atoms with van der Waals surface area (Å²) in [7, 11) is 0. The molecule has 0 heterocycles. The third-order valence-electron chi connectivity index (χ3n) is 3.05. The smallest absolute Gasteiger partial charge is 0.0664 e. The molecule has 2 atom stereocenters. The Labute approximate surface area is 94.7 Å². The lowest BCUT2D eigenvalue weighted by Crippen LogP contribution is -2.51. The van der Waals surface area contributed by atoms with E-state index in [1.807, 2.05) is 55.4 Å². The van der Waals surface area contributed by atoms with E-state index >= 15 is 0 Å². The minimum atomic E-state index is -0.528. The molecule has 15 heavy (non-hydrogen) atoms. The number of hydrogen-bond donors (Lipinski definition) is 2. The molecule has 0 aromatic heterocycles. The lowest BCUT2D eigenvalue weighted by Gasteiger charge is -2.46. The van der Waals surface area contributed by atoms with Crippen LogP contribution in [0.2, 0.25) is 0 Å². The fourth-order valence-corrected chi connectivity index (χ4v) is 2.38. The third kappa shape index (κ3) is 3.46. The Kier molecular flexibility index (Phi) is 4.04. The quantitative estimate of drug-likeness (QED) is 0.745. The van der Waals surface area contributed by atoms with E-state index in [0.29, 0.717) is 0 Å². The Hall–Kier alpha value is -0.0800. The molecular weight excluding hydrogens is 188 g/mol. The van der Waals surface area contributed by atoms with Gasteiger partial charge in [-0.2, -0.15) is 0 Å². The van der Waals surface area contributed by atoms with Crippen LogP contribution in [0.3, 0.4) is 0 Å². The van der Waals surface area contributed by atoms with Gasteiger partial charge in [0.2, 0.25) is 0 Å². The van der Waals surface area contributed by atoms with Crippen LogP contribution in [0.5, 0.6) is 0 Å². The summed E-state index contributed by atoms with van der Waals surface area (Å²) in [6.07, 6.45) is -1.06. The number of aliphatic hydroxyl groups is 2. The molecule has 2 N–H and O–H groups in total. The van der Waals surface area contributed by atoms with Crippen molar-refractivity contribution in [2.24, 2.45) is 16.2 Å². The van der Waals surface area contributed by atoms with Gasteiger partial charge in [-0.1, -0.05) is 55.4 Å². The number of hydrogen-bond acceptors (Lipinski definition) is 2. The van der Waals surface area contributed by atoms with Crippen LogP contribution in [-0.2, 0) is 0 Å². The molecule has 0 aliphatic heterocycles. The van der Waals surface area contributed by atoms with Gasteiger partial charge >= 0.3 is 0 Å². The first kappa shape index (κ1) is 14.9. The van der Waals surface area contributed by atoms with E-state index in [0.717, 1.165) is 0 Å². The molecule has 0 aromatic rings. The van der Waals surface area contributed by atoms with Crippen molar-refractivity contribution < 1.29 is 10.2 Å². The highest BCUT2D eigenvalue weighted by molar-refractivity contribution is 4.95. The molecule has 0 amide bonds. The van der Waals surface area contributed by atoms with Crippen molar-refractivity contribution in [3.05, 3.63) is 0 Å². The summed E-state index contributed by atoms with van der Waals surface area (Å²) in [4.78, 5) is 0. The largest absolute Gasteiger partial charge is 0.392 e. The second-order valence-electron chi connectivity index (χ2n) is 7.36. The molecule has 0 radical (unpaired) electrons. The van der Waals surface area contributed by atoms with E-state index < -0.39 is 17.6 Å². The summed E-state index contributed by atoms with van der Waals surface area (Å²) in [6.45, 7) is 15.8. The SMILES string of the molecule is CC(C)(C)C(O)C(C)(C)C(O)C(C)(C)C. The summed E-state index contributed by atoms with van der Waals surface area (Å²) in [5.74, 6) is 0. The minimum absolute atomic E-state index is 0.213. The van der Waals surface area contributed by atoms with Crippen LogP contribution in [-0.4, -0.2) is 22.4 Å². The first-order chi connectivity index (χ1) is 6.31. The molecule has 0 saturated heterocycles. The van der Waals surface area contributed by atoms with Crippen molar-refractivity contribution in [2.75, 3.05) is 0 Å². The average molecular weight is 216 g/mol. The first-order valence-electron chi connectivity index (χ1n) is 5.67. The molecule has 0 aliphatic carbocycles. The molecule has 2 heteroatoms. The summed E-state index contributed by atoms with van der Waals surface area (Å²) in [5.41, 5.74) is -0.929. The zero-order valence-corrected chi connectivity index (χ0v) is 11.5. The molecule has 0 aliphatic rings. The molecule has 0 saturated carbocycles. The lowest BCUT2D eigenvalue weighted by molar-refractivity contribution is -0.129. The molecule has 0 fully saturated rings. The second kappa shape index (κ2) is 4.06. The van der Waals surface area contributed by atoms with E-state index in [9.17, 15) is 10.2 Å². The molecule has 0 spiro atoms. The van der Waals surface area contributed by atoms with E-state index in [2.05, 4.69) is 0 Å². The van der Waals surface area contributed by atoms with Gasteiger partial charge in [0.25, 0.3) is 0 Å². The summed E-state index contributed by atoms with van der Waals surface area (Å²) in [5, 5.41) is 20.6. The monoisotopic (exact) mass is 216 g/mol. The molecule has 2 unspecified atom stereocenters.